The van der Waals surface area contributed by atoms with Crippen LogP contribution in [0.25, 0.3) is 0 Å². The lowest BCUT2D eigenvalue weighted by atomic mass is 9.93. The van der Waals surface area contributed by atoms with Crippen molar-refractivity contribution in [2.24, 2.45) is 11.7 Å². The molecule has 0 saturated carbocycles. The van der Waals surface area contributed by atoms with Crippen LogP contribution in [0.2, 0.25) is 8.67 Å². The zero-order valence-electron chi connectivity index (χ0n) is 10.1. The summed E-state index contributed by atoms with van der Waals surface area (Å²) in [6.45, 7) is 6.47. The zero-order valence-corrected chi connectivity index (χ0v) is 12.4. The second-order valence-electron chi connectivity index (χ2n) is 4.88. The molecule has 1 aliphatic rings. The molecular formula is C12H18Cl2N2S. The molecule has 96 valence electrons. The van der Waals surface area contributed by atoms with Gasteiger partial charge in [-0.25, -0.2) is 0 Å². The minimum Gasteiger partial charge on any atom is -0.327 e. The largest absolute Gasteiger partial charge is 0.327 e. The first kappa shape index (κ1) is 13.6. The Balaban J connectivity index is 2.10. The van der Waals surface area contributed by atoms with Gasteiger partial charge in [0, 0.05) is 30.7 Å². The Morgan fingerprint density at radius 2 is 2.24 bits per heavy atom. The molecule has 0 aliphatic carbocycles. The predicted molar refractivity (Wildman–Crippen MR) is 76.1 cm³/mol. The third kappa shape index (κ3) is 2.96. The Morgan fingerprint density at radius 1 is 1.53 bits per heavy atom. The van der Waals surface area contributed by atoms with Crippen LogP contribution in [0.5, 0.6) is 0 Å². The van der Waals surface area contributed by atoms with Crippen LogP contribution in [0, 0.1) is 5.92 Å². The Morgan fingerprint density at radius 3 is 2.76 bits per heavy atom. The van der Waals surface area contributed by atoms with Crippen molar-refractivity contribution < 1.29 is 0 Å². The van der Waals surface area contributed by atoms with E-state index in [0.717, 1.165) is 33.7 Å². The van der Waals surface area contributed by atoms with E-state index in [-0.39, 0.29) is 0 Å². The van der Waals surface area contributed by atoms with Crippen LogP contribution in [-0.4, -0.2) is 24.0 Å². The first-order valence-corrected chi connectivity index (χ1v) is 7.50. The highest BCUT2D eigenvalue weighted by Crippen LogP contribution is 2.38. The van der Waals surface area contributed by atoms with Crippen LogP contribution >= 0.6 is 34.5 Å². The van der Waals surface area contributed by atoms with E-state index in [9.17, 15) is 0 Å². The van der Waals surface area contributed by atoms with Crippen molar-refractivity contribution in [1.82, 2.24) is 4.90 Å². The lowest BCUT2D eigenvalue weighted by molar-refractivity contribution is 0.124. The Hall–Kier alpha value is 0.200. The molecule has 0 amide bonds. The number of likely N-dealkylation sites (tertiary alicyclic amines) is 1. The van der Waals surface area contributed by atoms with Crippen molar-refractivity contribution in [3.8, 4) is 0 Å². The summed E-state index contributed by atoms with van der Waals surface area (Å²) >= 11 is 13.6. The minimum absolute atomic E-state index is 0.321. The molecule has 2 N–H and O–H groups in total. The number of hydrogen-bond acceptors (Lipinski definition) is 3. The third-order valence-corrected chi connectivity index (χ3v) is 5.20. The van der Waals surface area contributed by atoms with E-state index >= 15 is 0 Å². The van der Waals surface area contributed by atoms with Gasteiger partial charge in [-0.1, -0.05) is 30.1 Å². The Kier molecular flexibility index (Phi) is 4.37. The molecule has 2 heterocycles. The lowest BCUT2D eigenvalue weighted by Gasteiger charge is -2.38. The molecule has 5 heteroatoms. The molecular weight excluding hydrogens is 275 g/mol. The van der Waals surface area contributed by atoms with Gasteiger partial charge in [-0.2, -0.15) is 0 Å². The average molecular weight is 293 g/mol. The number of rotatable bonds is 2. The van der Waals surface area contributed by atoms with Crippen molar-refractivity contribution >= 4 is 34.5 Å². The van der Waals surface area contributed by atoms with Crippen molar-refractivity contribution in [2.45, 2.75) is 32.4 Å². The summed E-state index contributed by atoms with van der Waals surface area (Å²) in [6, 6.07) is 2.64. The highest BCUT2D eigenvalue weighted by Gasteiger charge is 2.28. The standard InChI is InChI=1S/C12H18Cl2N2S/c1-7-6-16(4-3-10(7)15)8(2)9-5-11(13)17-12(9)14/h5,7-8,10H,3-4,6,15H2,1-2H3. The zero-order chi connectivity index (χ0) is 12.6. The minimum atomic E-state index is 0.321. The van der Waals surface area contributed by atoms with Crippen LogP contribution in [0.1, 0.15) is 31.9 Å². The lowest BCUT2D eigenvalue weighted by Crippen LogP contribution is -2.46. The van der Waals surface area contributed by atoms with E-state index in [1.807, 2.05) is 6.07 Å². The first-order chi connectivity index (χ1) is 7.99. The van der Waals surface area contributed by atoms with Crippen molar-refractivity contribution in [2.75, 3.05) is 13.1 Å². The molecule has 1 fully saturated rings. The number of nitrogens with two attached hydrogens (primary N) is 1. The summed E-state index contributed by atoms with van der Waals surface area (Å²) in [6.07, 6.45) is 1.06. The van der Waals surface area contributed by atoms with Gasteiger partial charge in [0.15, 0.2) is 0 Å². The fourth-order valence-corrected chi connectivity index (χ4v) is 4.02. The number of thiophene rings is 1. The van der Waals surface area contributed by atoms with Crippen LogP contribution in [0.15, 0.2) is 6.07 Å². The molecule has 17 heavy (non-hydrogen) atoms. The van der Waals surface area contributed by atoms with E-state index in [1.54, 1.807) is 0 Å². The maximum absolute atomic E-state index is 6.21. The van der Waals surface area contributed by atoms with E-state index < -0.39 is 0 Å². The van der Waals surface area contributed by atoms with Gasteiger partial charge in [0.05, 0.1) is 8.67 Å². The molecule has 1 aliphatic heterocycles. The maximum atomic E-state index is 6.21. The number of nitrogens with zero attached hydrogens (tertiary/aromatic N) is 1. The number of piperidine rings is 1. The molecule has 3 atom stereocenters. The molecule has 0 spiro atoms. The summed E-state index contributed by atoms with van der Waals surface area (Å²) in [4.78, 5) is 2.44. The summed E-state index contributed by atoms with van der Waals surface area (Å²) in [5, 5.41) is 0. The van der Waals surface area contributed by atoms with Gasteiger partial charge in [-0.05, 0) is 25.3 Å². The third-order valence-electron chi connectivity index (χ3n) is 3.68. The second kappa shape index (κ2) is 5.45. The van der Waals surface area contributed by atoms with Crippen molar-refractivity contribution in [1.29, 1.82) is 0 Å². The van der Waals surface area contributed by atoms with Crippen molar-refractivity contribution in [3.05, 3.63) is 20.3 Å². The molecule has 2 rings (SSSR count). The number of hydrogen-bond donors (Lipinski definition) is 1. The van der Waals surface area contributed by atoms with Crippen molar-refractivity contribution in [3.63, 3.8) is 0 Å². The molecule has 0 radical (unpaired) electrons. The molecule has 1 aromatic rings. The summed E-state index contributed by atoms with van der Waals surface area (Å²) in [7, 11) is 0. The molecule has 2 nitrogen and oxygen atoms in total. The van der Waals surface area contributed by atoms with Gasteiger partial charge >= 0.3 is 0 Å². The summed E-state index contributed by atoms with van der Waals surface area (Å²) in [5.41, 5.74) is 7.18. The fourth-order valence-electron chi connectivity index (χ4n) is 2.38. The predicted octanol–water partition coefficient (Wildman–Crippen LogP) is 3.79. The Bertz CT molecular complexity index is 394. The van der Waals surface area contributed by atoms with Gasteiger partial charge in [0.25, 0.3) is 0 Å². The van der Waals surface area contributed by atoms with Gasteiger partial charge < -0.3 is 5.73 Å². The molecule has 3 unspecified atom stereocenters. The molecule has 1 saturated heterocycles. The highest BCUT2D eigenvalue weighted by molar-refractivity contribution is 7.20. The average Bonchev–Trinajstić information content (AvgIpc) is 2.61. The van der Waals surface area contributed by atoms with E-state index in [2.05, 4.69) is 18.7 Å². The maximum Gasteiger partial charge on any atom is 0.0991 e. The quantitative estimate of drug-likeness (QED) is 0.899. The second-order valence-corrected chi connectivity index (χ2v) is 7.17. The van der Waals surface area contributed by atoms with Gasteiger partial charge in [0.2, 0.25) is 0 Å². The normalized spacial score (nSPS) is 28.3. The van der Waals surface area contributed by atoms with E-state index in [0.29, 0.717) is 18.0 Å². The smallest absolute Gasteiger partial charge is 0.0991 e. The van der Waals surface area contributed by atoms with Crippen LogP contribution in [0.4, 0.5) is 0 Å². The number of halogens is 2. The Labute approximate surface area is 117 Å². The fraction of sp³-hybridized carbons (Fsp3) is 0.667. The van der Waals surface area contributed by atoms with E-state index in [4.69, 9.17) is 28.9 Å². The molecule has 0 aromatic carbocycles. The van der Waals surface area contributed by atoms with Gasteiger partial charge in [-0.15, -0.1) is 11.3 Å². The summed E-state index contributed by atoms with van der Waals surface area (Å²) in [5.74, 6) is 0.541. The SMILES string of the molecule is CC1CN(C(C)c2cc(Cl)sc2Cl)CCC1N. The monoisotopic (exact) mass is 292 g/mol. The van der Waals surface area contributed by atoms with Crippen LogP contribution in [-0.2, 0) is 0 Å². The van der Waals surface area contributed by atoms with Gasteiger partial charge in [0.1, 0.15) is 0 Å². The summed E-state index contributed by atoms with van der Waals surface area (Å²) < 4.78 is 1.57. The molecule has 0 bridgehead atoms. The topological polar surface area (TPSA) is 29.3 Å². The highest BCUT2D eigenvalue weighted by atomic mass is 35.5. The van der Waals surface area contributed by atoms with Gasteiger partial charge in [-0.3, -0.25) is 4.90 Å². The molecule has 1 aromatic heterocycles. The first-order valence-electron chi connectivity index (χ1n) is 5.93. The van der Waals surface area contributed by atoms with Crippen LogP contribution in [0.3, 0.4) is 0 Å². The van der Waals surface area contributed by atoms with E-state index in [1.165, 1.54) is 11.3 Å². The van der Waals surface area contributed by atoms with Crippen LogP contribution < -0.4 is 5.73 Å².